The molecule has 1 amide bonds. The van der Waals surface area contributed by atoms with Gasteiger partial charge >= 0.3 is 0 Å². The van der Waals surface area contributed by atoms with Crippen LogP contribution in [0.1, 0.15) is 34.6 Å². The van der Waals surface area contributed by atoms with Crippen molar-refractivity contribution >= 4 is 17.4 Å². The minimum atomic E-state index is -0.467. The van der Waals surface area contributed by atoms with Crippen molar-refractivity contribution in [2.75, 3.05) is 11.1 Å². The van der Waals surface area contributed by atoms with Gasteiger partial charge in [-0.05, 0) is 37.6 Å². The number of rotatable bonds is 4. The number of carbonyl (C=O) groups excluding carboxylic acids is 1. The second-order valence-corrected chi connectivity index (χ2v) is 4.74. The molecule has 1 atom stereocenters. The summed E-state index contributed by atoms with van der Waals surface area (Å²) in [5.74, 6) is 0.139. The molecule has 2 aromatic rings. The molecule has 0 saturated heterocycles. The van der Waals surface area contributed by atoms with E-state index in [0.717, 1.165) is 16.9 Å². The van der Waals surface area contributed by atoms with Gasteiger partial charge in [0, 0.05) is 16.9 Å². The first kappa shape index (κ1) is 13.9. The summed E-state index contributed by atoms with van der Waals surface area (Å²) in [6.07, 6.45) is 0. The number of nitrogens with zero attached hydrogens (tertiary/aromatic N) is 1. The Morgan fingerprint density at radius 2 is 2.00 bits per heavy atom. The first-order chi connectivity index (χ1) is 9.47. The normalized spacial score (nSPS) is 11.9. The third-order valence-electron chi connectivity index (χ3n) is 3.06. The Kier molecular flexibility index (Phi) is 3.89. The lowest BCUT2D eigenvalue weighted by Gasteiger charge is -2.17. The SMILES string of the molecule is Cc1cc(C(N)=O)cc(NC(C)c2ccccc2N)n1. The molecule has 5 heteroatoms. The second kappa shape index (κ2) is 5.61. The van der Waals surface area contributed by atoms with E-state index in [1.165, 1.54) is 0 Å². The van der Waals surface area contributed by atoms with Crippen LogP contribution < -0.4 is 16.8 Å². The van der Waals surface area contributed by atoms with Gasteiger partial charge in [0.25, 0.3) is 0 Å². The Morgan fingerprint density at radius 1 is 1.30 bits per heavy atom. The van der Waals surface area contributed by atoms with Crippen molar-refractivity contribution in [3.05, 3.63) is 53.2 Å². The molecule has 0 bridgehead atoms. The van der Waals surface area contributed by atoms with Gasteiger partial charge in [-0.15, -0.1) is 0 Å². The van der Waals surface area contributed by atoms with Crippen molar-refractivity contribution in [3.63, 3.8) is 0 Å². The van der Waals surface area contributed by atoms with Crippen LogP contribution >= 0.6 is 0 Å². The van der Waals surface area contributed by atoms with Gasteiger partial charge in [0.15, 0.2) is 0 Å². The van der Waals surface area contributed by atoms with E-state index >= 15 is 0 Å². The number of carbonyl (C=O) groups is 1. The fraction of sp³-hybridized carbons (Fsp3) is 0.200. The number of benzene rings is 1. The predicted octanol–water partition coefficient (Wildman–Crippen LogP) is 2.24. The van der Waals surface area contributed by atoms with E-state index in [-0.39, 0.29) is 6.04 Å². The number of amides is 1. The topological polar surface area (TPSA) is 94.0 Å². The molecule has 1 aromatic heterocycles. The van der Waals surface area contributed by atoms with Gasteiger partial charge in [-0.2, -0.15) is 0 Å². The molecular formula is C15H18N4O. The summed E-state index contributed by atoms with van der Waals surface area (Å²) in [6, 6.07) is 10.9. The Morgan fingerprint density at radius 3 is 2.65 bits per heavy atom. The third-order valence-corrected chi connectivity index (χ3v) is 3.06. The summed E-state index contributed by atoms with van der Waals surface area (Å²) in [5.41, 5.74) is 14.1. The average molecular weight is 270 g/mol. The molecule has 0 aliphatic carbocycles. The molecule has 1 unspecified atom stereocenters. The zero-order valence-corrected chi connectivity index (χ0v) is 11.6. The Balaban J connectivity index is 2.26. The first-order valence-corrected chi connectivity index (χ1v) is 6.37. The fourth-order valence-corrected chi connectivity index (χ4v) is 2.09. The predicted molar refractivity (Wildman–Crippen MR) is 80.4 cm³/mol. The average Bonchev–Trinajstić information content (AvgIpc) is 2.38. The van der Waals surface area contributed by atoms with Gasteiger partial charge in [0.1, 0.15) is 5.82 Å². The molecule has 0 saturated carbocycles. The highest BCUT2D eigenvalue weighted by Gasteiger charge is 2.11. The molecular weight excluding hydrogens is 252 g/mol. The number of primary amides is 1. The monoisotopic (exact) mass is 270 g/mol. The number of hydrogen-bond acceptors (Lipinski definition) is 4. The van der Waals surface area contributed by atoms with Crippen molar-refractivity contribution < 1.29 is 4.79 Å². The number of para-hydroxylation sites is 1. The highest BCUT2D eigenvalue weighted by atomic mass is 16.1. The lowest BCUT2D eigenvalue weighted by atomic mass is 10.1. The number of nitrogen functional groups attached to an aromatic ring is 1. The van der Waals surface area contributed by atoms with Crippen molar-refractivity contribution in [1.82, 2.24) is 4.98 Å². The molecule has 5 nitrogen and oxygen atoms in total. The van der Waals surface area contributed by atoms with Crippen LogP contribution in [0.4, 0.5) is 11.5 Å². The lowest BCUT2D eigenvalue weighted by molar-refractivity contribution is 0.1000. The van der Waals surface area contributed by atoms with E-state index in [2.05, 4.69) is 10.3 Å². The number of aromatic nitrogens is 1. The lowest BCUT2D eigenvalue weighted by Crippen LogP contribution is -2.14. The molecule has 1 aromatic carbocycles. The maximum Gasteiger partial charge on any atom is 0.248 e. The molecule has 0 fully saturated rings. The van der Waals surface area contributed by atoms with Crippen LogP contribution in [0.3, 0.4) is 0 Å². The standard InChI is InChI=1S/C15H18N4O/c1-9-7-11(15(17)20)8-14(18-9)19-10(2)12-5-3-4-6-13(12)16/h3-8,10H,16H2,1-2H3,(H2,17,20)(H,18,19). The van der Waals surface area contributed by atoms with Gasteiger partial charge in [-0.25, -0.2) is 4.98 Å². The Bertz CT molecular complexity index is 640. The number of nitrogens with two attached hydrogens (primary N) is 2. The molecule has 104 valence electrons. The summed E-state index contributed by atoms with van der Waals surface area (Å²) in [5, 5.41) is 3.24. The van der Waals surface area contributed by atoms with Gasteiger partial charge in [0.05, 0.1) is 6.04 Å². The van der Waals surface area contributed by atoms with E-state index < -0.39 is 5.91 Å². The molecule has 0 aliphatic rings. The van der Waals surface area contributed by atoms with Crippen molar-refractivity contribution in [3.8, 4) is 0 Å². The van der Waals surface area contributed by atoms with Gasteiger partial charge in [-0.3, -0.25) is 4.79 Å². The van der Waals surface area contributed by atoms with Crippen molar-refractivity contribution in [2.24, 2.45) is 5.73 Å². The second-order valence-electron chi connectivity index (χ2n) is 4.74. The number of anilines is 2. The van der Waals surface area contributed by atoms with Crippen molar-refractivity contribution in [1.29, 1.82) is 0 Å². The highest BCUT2D eigenvalue weighted by molar-refractivity contribution is 5.93. The smallest absolute Gasteiger partial charge is 0.248 e. The number of hydrogen-bond donors (Lipinski definition) is 3. The summed E-state index contributed by atoms with van der Waals surface area (Å²) in [7, 11) is 0. The van der Waals surface area contributed by atoms with Crippen LogP contribution in [0.25, 0.3) is 0 Å². The molecule has 2 rings (SSSR count). The number of nitrogens with one attached hydrogen (secondary N) is 1. The quantitative estimate of drug-likeness (QED) is 0.743. The van der Waals surface area contributed by atoms with Gasteiger partial charge in [0.2, 0.25) is 5.91 Å². The fourth-order valence-electron chi connectivity index (χ4n) is 2.09. The zero-order valence-electron chi connectivity index (χ0n) is 11.6. The third kappa shape index (κ3) is 3.06. The van der Waals surface area contributed by atoms with Crippen LogP contribution in [-0.4, -0.2) is 10.9 Å². The molecule has 1 heterocycles. The molecule has 0 aliphatic heterocycles. The minimum Gasteiger partial charge on any atom is -0.398 e. The minimum absolute atomic E-state index is 0.0220. The van der Waals surface area contributed by atoms with Crippen molar-refractivity contribution in [2.45, 2.75) is 19.9 Å². The Hall–Kier alpha value is -2.56. The molecule has 0 spiro atoms. The van der Waals surface area contributed by atoms with E-state index in [4.69, 9.17) is 11.5 Å². The molecule has 5 N–H and O–H groups in total. The summed E-state index contributed by atoms with van der Waals surface area (Å²) < 4.78 is 0. The summed E-state index contributed by atoms with van der Waals surface area (Å²) in [6.45, 7) is 3.80. The van der Waals surface area contributed by atoms with E-state index in [9.17, 15) is 4.79 Å². The summed E-state index contributed by atoms with van der Waals surface area (Å²) >= 11 is 0. The zero-order chi connectivity index (χ0) is 14.7. The number of aryl methyl sites for hydroxylation is 1. The van der Waals surface area contributed by atoms with Crippen LogP contribution in [0.15, 0.2) is 36.4 Å². The van der Waals surface area contributed by atoms with Crippen LogP contribution in [0, 0.1) is 6.92 Å². The van der Waals surface area contributed by atoms with Gasteiger partial charge in [-0.1, -0.05) is 18.2 Å². The van der Waals surface area contributed by atoms with E-state index in [0.29, 0.717) is 11.4 Å². The molecule has 0 radical (unpaired) electrons. The van der Waals surface area contributed by atoms with Crippen LogP contribution in [0.2, 0.25) is 0 Å². The van der Waals surface area contributed by atoms with E-state index in [1.807, 2.05) is 38.1 Å². The molecule has 20 heavy (non-hydrogen) atoms. The van der Waals surface area contributed by atoms with Crippen LogP contribution in [0.5, 0.6) is 0 Å². The Labute approximate surface area is 118 Å². The number of pyridine rings is 1. The highest BCUT2D eigenvalue weighted by Crippen LogP contribution is 2.23. The maximum atomic E-state index is 11.3. The first-order valence-electron chi connectivity index (χ1n) is 6.37. The summed E-state index contributed by atoms with van der Waals surface area (Å²) in [4.78, 5) is 15.6. The maximum absolute atomic E-state index is 11.3. The largest absolute Gasteiger partial charge is 0.398 e. The van der Waals surface area contributed by atoms with E-state index in [1.54, 1.807) is 12.1 Å². The van der Waals surface area contributed by atoms with Gasteiger partial charge < -0.3 is 16.8 Å². The van der Waals surface area contributed by atoms with Crippen LogP contribution in [-0.2, 0) is 0 Å².